The van der Waals surface area contributed by atoms with Gasteiger partial charge < -0.3 is 10.4 Å². The van der Waals surface area contributed by atoms with E-state index >= 15 is 0 Å². The summed E-state index contributed by atoms with van der Waals surface area (Å²) in [6, 6.07) is 7.21. The number of rotatable bonds is 3. The molecular weight excluding hydrogens is 250 g/mol. The van der Waals surface area contributed by atoms with Crippen molar-refractivity contribution in [3.63, 3.8) is 0 Å². The molecule has 0 spiro atoms. The number of carbonyl (C=O) groups is 1. The molecule has 0 aliphatic heterocycles. The molecule has 3 nitrogen and oxygen atoms in total. The van der Waals surface area contributed by atoms with Gasteiger partial charge in [0.25, 0.3) is 0 Å². The quantitative estimate of drug-likeness (QED) is 0.876. The smallest absolute Gasteiger partial charge is 0.329 e. The lowest BCUT2D eigenvalue weighted by atomic mass is 9.87. The molecule has 1 aliphatic rings. The second kappa shape index (κ2) is 4.47. The Labute approximate surface area is 112 Å². The van der Waals surface area contributed by atoms with Crippen molar-refractivity contribution in [3.8, 4) is 0 Å². The van der Waals surface area contributed by atoms with Gasteiger partial charge in [-0.25, -0.2) is 4.79 Å². The molecule has 1 aliphatic carbocycles. The maximum atomic E-state index is 11.6. The highest BCUT2D eigenvalue weighted by Crippen LogP contribution is 2.45. The van der Waals surface area contributed by atoms with Gasteiger partial charge in [0, 0.05) is 10.7 Å². The van der Waals surface area contributed by atoms with E-state index in [0.717, 1.165) is 12.1 Å². The topological polar surface area (TPSA) is 49.3 Å². The summed E-state index contributed by atoms with van der Waals surface area (Å²) in [4.78, 5) is 11.6. The zero-order valence-corrected chi connectivity index (χ0v) is 11.4. The molecule has 0 amide bonds. The number of carboxylic acids is 1. The van der Waals surface area contributed by atoms with Gasteiger partial charge in [-0.2, -0.15) is 0 Å². The number of hydrogen-bond acceptors (Lipinski definition) is 2. The van der Waals surface area contributed by atoms with Crippen LogP contribution in [0.4, 0.5) is 5.69 Å². The van der Waals surface area contributed by atoms with Gasteiger partial charge in [0.2, 0.25) is 0 Å². The lowest BCUT2D eigenvalue weighted by molar-refractivity contribution is -0.142. The van der Waals surface area contributed by atoms with E-state index in [1.807, 2.05) is 12.1 Å². The Kier molecular flexibility index (Phi) is 3.28. The summed E-state index contributed by atoms with van der Waals surface area (Å²) in [5.41, 5.74) is -0.0411. The van der Waals surface area contributed by atoms with E-state index in [-0.39, 0.29) is 5.41 Å². The van der Waals surface area contributed by atoms with Crippen LogP contribution < -0.4 is 5.32 Å². The SMILES string of the molecule is CC1(C)CCC(Nc2cccc(Cl)c2)(C(=O)O)C1. The van der Waals surface area contributed by atoms with Crippen molar-refractivity contribution >= 4 is 23.3 Å². The van der Waals surface area contributed by atoms with Crippen LogP contribution in [0.3, 0.4) is 0 Å². The van der Waals surface area contributed by atoms with Crippen molar-refractivity contribution in [3.05, 3.63) is 29.3 Å². The highest BCUT2D eigenvalue weighted by Gasteiger charge is 2.48. The second-order valence-electron chi connectivity index (χ2n) is 5.86. The number of nitrogens with one attached hydrogen (secondary N) is 1. The van der Waals surface area contributed by atoms with Crippen molar-refractivity contribution in [2.45, 2.75) is 38.6 Å². The zero-order chi connectivity index (χ0) is 13.4. The third-order valence-corrected chi connectivity index (χ3v) is 3.86. The molecule has 98 valence electrons. The Morgan fingerprint density at radius 3 is 2.61 bits per heavy atom. The molecule has 2 rings (SSSR count). The fourth-order valence-electron chi connectivity index (χ4n) is 2.73. The third-order valence-electron chi connectivity index (χ3n) is 3.63. The number of anilines is 1. The predicted octanol–water partition coefficient (Wildman–Crippen LogP) is 3.79. The Balaban J connectivity index is 2.26. The standard InChI is InChI=1S/C14H18ClNO2/c1-13(2)6-7-14(9-13,12(17)18)16-11-5-3-4-10(15)8-11/h3-5,8,16H,6-7,9H2,1-2H3,(H,17,18). The average molecular weight is 268 g/mol. The van der Waals surface area contributed by atoms with Crippen LogP contribution in [0.25, 0.3) is 0 Å². The van der Waals surface area contributed by atoms with E-state index in [0.29, 0.717) is 17.9 Å². The molecule has 18 heavy (non-hydrogen) atoms. The second-order valence-corrected chi connectivity index (χ2v) is 6.30. The minimum absolute atomic E-state index is 0.0595. The largest absolute Gasteiger partial charge is 0.480 e. The lowest BCUT2D eigenvalue weighted by Crippen LogP contribution is -2.44. The lowest BCUT2D eigenvalue weighted by Gasteiger charge is -2.29. The maximum absolute atomic E-state index is 11.6. The fourth-order valence-corrected chi connectivity index (χ4v) is 2.92. The molecule has 0 saturated heterocycles. The van der Waals surface area contributed by atoms with Crippen LogP contribution in [0.2, 0.25) is 5.02 Å². The van der Waals surface area contributed by atoms with Gasteiger partial charge in [-0.1, -0.05) is 31.5 Å². The van der Waals surface area contributed by atoms with Crippen molar-refractivity contribution in [1.29, 1.82) is 0 Å². The van der Waals surface area contributed by atoms with Crippen LogP contribution >= 0.6 is 11.6 Å². The first-order valence-electron chi connectivity index (χ1n) is 6.10. The van der Waals surface area contributed by atoms with E-state index in [1.54, 1.807) is 12.1 Å². The summed E-state index contributed by atoms with van der Waals surface area (Å²) >= 11 is 5.92. The van der Waals surface area contributed by atoms with Crippen LogP contribution in [-0.4, -0.2) is 16.6 Å². The number of halogens is 1. The van der Waals surface area contributed by atoms with Gasteiger partial charge in [-0.05, 0) is 42.9 Å². The van der Waals surface area contributed by atoms with Crippen LogP contribution in [0.5, 0.6) is 0 Å². The Bertz CT molecular complexity index is 473. The molecular formula is C14H18ClNO2. The van der Waals surface area contributed by atoms with Crippen LogP contribution in [0.1, 0.15) is 33.1 Å². The number of carboxylic acid groups (broad SMARTS) is 1. The van der Waals surface area contributed by atoms with E-state index in [9.17, 15) is 9.90 Å². The Morgan fingerprint density at radius 1 is 1.39 bits per heavy atom. The van der Waals surface area contributed by atoms with Crippen molar-refractivity contribution in [2.24, 2.45) is 5.41 Å². The van der Waals surface area contributed by atoms with Crippen LogP contribution in [0.15, 0.2) is 24.3 Å². The highest BCUT2D eigenvalue weighted by atomic mass is 35.5. The summed E-state index contributed by atoms with van der Waals surface area (Å²) in [5.74, 6) is -0.784. The number of aliphatic carboxylic acids is 1. The molecule has 1 aromatic carbocycles. The number of benzene rings is 1. The van der Waals surface area contributed by atoms with Gasteiger partial charge in [-0.3, -0.25) is 0 Å². The molecule has 0 aromatic heterocycles. The van der Waals surface area contributed by atoms with E-state index in [4.69, 9.17) is 11.6 Å². The molecule has 1 fully saturated rings. The third kappa shape index (κ3) is 2.61. The molecule has 4 heteroatoms. The molecule has 1 saturated carbocycles. The van der Waals surface area contributed by atoms with Gasteiger partial charge in [0.05, 0.1) is 0 Å². The molecule has 1 atom stereocenters. The van der Waals surface area contributed by atoms with Gasteiger partial charge in [0.15, 0.2) is 0 Å². The highest BCUT2D eigenvalue weighted by molar-refractivity contribution is 6.30. The van der Waals surface area contributed by atoms with Crippen molar-refractivity contribution < 1.29 is 9.90 Å². The Hall–Kier alpha value is -1.22. The predicted molar refractivity (Wildman–Crippen MR) is 73.1 cm³/mol. The fraction of sp³-hybridized carbons (Fsp3) is 0.500. The van der Waals surface area contributed by atoms with Crippen molar-refractivity contribution in [2.75, 3.05) is 5.32 Å². The van der Waals surface area contributed by atoms with Gasteiger partial charge in [0.1, 0.15) is 5.54 Å². The molecule has 0 radical (unpaired) electrons. The van der Waals surface area contributed by atoms with Crippen LogP contribution in [0, 0.1) is 5.41 Å². The normalized spacial score (nSPS) is 25.9. The minimum atomic E-state index is -0.867. The molecule has 0 bridgehead atoms. The summed E-state index contributed by atoms with van der Waals surface area (Å²) < 4.78 is 0. The molecule has 1 aromatic rings. The first kappa shape index (κ1) is 13.2. The van der Waals surface area contributed by atoms with Gasteiger partial charge in [-0.15, -0.1) is 0 Å². The zero-order valence-electron chi connectivity index (χ0n) is 10.7. The number of hydrogen-bond donors (Lipinski definition) is 2. The van der Waals surface area contributed by atoms with E-state index in [2.05, 4.69) is 19.2 Å². The molecule has 1 unspecified atom stereocenters. The Morgan fingerprint density at radius 2 is 2.11 bits per heavy atom. The molecule has 0 heterocycles. The minimum Gasteiger partial charge on any atom is -0.480 e. The summed E-state index contributed by atoms with van der Waals surface area (Å²) in [7, 11) is 0. The van der Waals surface area contributed by atoms with E-state index < -0.39 is 11.5 Å². The van der Waals surface area contributed by atoms with E-state index in [1.165, 1.54) is 0 Å². The average Bonchev–Trinajstić information content (AvgIpc) is 2.55. The van der Waals surface area contributed by atoms with Crippen molar-refractivity contribution in [1.82, 2.24) is 0 Å². The summed E-state index contributed by atoms with van der Waals surface area (Å²) in [5, 5.41) is 13.3. The first-order chi connectivity index (χ1) is 8.33. The first-order valence-corrected chi connectivity index (χ1v) is 6.48. The monoisotopic (exact) mass is 267 g/mol. The summed E-state index contributed by atoms with van der Waals surface area (Å²) in [6.07, 6.45) is 2.18. The molecule has 2 N–H and O–H groups in total. The van der Waals surface area contributed by atoms with Crippen LogP contribution in [-0.2, 0) is 4.79 Å². The summed E-state index contributed by atoms with van der Waals surface area (Å²) in [6.45, 7) is 4.22. The van der Waals surface area contributed by atoms with Gasteiger partial charge >= 0.3 is 5.97 Å². The maximum Gasteiger partial charge on any atom is 0.329 e.